The molecule has 2 rings (SSSR count). The molecular formula is C20H17F3N2O4S. The second-order valence-electron chi connectivity index (χ2n) is 5.78. The Morgan fingerprint density at radius 1 is 1.03 bits per heavy atom. The summed E-state index contributed by atoms with van der Waals surface area (Å²) in [6, 6.07) is 11.6. The van der Waals surface area contributed by atoms with Gasteiger partial charge in [0.15, 0.2) is 0 Å². The van der Waals surface area contributed by atoms with Gasteiger partial charge < -0.3 is 15.4 Å². The summed E-state index contributed by atoms with van der Waals surface area (Å²) in [7, 11) is 1.21. The highest BCUT2D eigenvalue weighted by atomic mass is 32.2. The fraction of sp³-hybridized carbons (Fsp3) is 0.150. The second kappa shape index (κ2) is 10.5. The summed E-state index contributed by atoms with van der Waals surface area (Å²) in [4.78, 5) is 34.9. The third-order valence-electron chi connectivity index (χ3n) is 3.58. The number of alkyl halides is 3. The van der Waals surface area contributed by atoms with E-state index in [1.54, 1.807) is 0 Å². The molecule has 0 saturated carbocycles. The summed E-state index contributed by atoms with van der Waals surface area (Å²) >= 11 is -0.211. The molecule has 2 aromatic carbocycles. The molecule has 6 nitrogen and oxygen atoms in total. The largest absolute Gasteiger partial charge is 0.468 e. The summed E-state index contributed by atoms with van der Waals surface area (Å²) < 4.78 is 41.4. The van der Waals surface area contributed by atoms with E-state index in [1.807, 2.05) is 0 Å². The van der Waals surface area contributed by atoms with Crippen molar-refractivity contribution in [3.8, 4) is 0 Å². The van der Waals surface area contributed by atoms with Crippen molar-refractivity contribution in [2.24, 2.45) is 0 Å². The van der Waals surface area contributed by atoms with E-state index in [2.05, 4.69) is 15.4 Å². The van der Waals surface area contributed by atoms with Gasteiger partial charge in [0.25, 0.3) is 5.91 Å². The summed E-state index contributed by atoms with van der Waals surface area (Å²) in [5.41, 5.74) is -3.06. The minimum absolute atomic E-state index is 0.0554. The number of benzene rings is 2. The normalized spacial score (nSPS) is 11.2. The molecule has 10 heteroatoms. The van der Waals surface area contributed by atoms with Crippen molar-refractivity contribution >= 4 is 41.3 Å². The Labute approximate surface area is 174 Å². The Morgan fingerprint density at radius 3 is 2.23 bits per heavy atom. The minimum Gasteiger partial charge on any atom is -0.468 e. The van der Waals surface area contributed by atoms with Crippen LogP contribution in [0.25, 0.3) is 6.08 Å². The zero-order valence-corrected chi connectivity index (χ0v) is 16.5. The highest BCUT2D eigenvalue weighted by molar-refractivity contribution is 8.00. The third-order valence-corrected chi connectivity index (χ3v) is 4.32. The number of hydrogen-bond donors (Lipinski definition) is 2. The molecule has 0 bridgehead atoms. The van der Waals surface area contributed by atoms with Crippen molar-refractivity contribution in [1.82, 2.24) is 5.32 Å². The molecule has 2 amide bonds. The summed E-state index contributed by atoms with van der Waals surface area (Å²) in [5.74, 6) is -1.50. The zero-order chi connectivity index (χ0) is 22.1. The van der Waals surface area contributed by atoms with Crippen molar-refractivity contribution in [3.05, 3.63) is 65.7 Å². The van der Waals surface area contributed by atoms with Crippen LogP contribution in [0.5, 0.6) is 0 Å². The molecular weight excluding hydrogens is 421 g/mol. The highest BCUT2D eigenvalue weighted by Gasteiger charge is 2.28. The van der Waals surface area contributed by atoms with Crippen molar-refractivity contribution in [1.29, 1.82) is 0 Å². The van der Waals surface area contributed by atoms with Crippen LogP contribution in [0.15, 0.2) is 59.5 Å². The predicted octanol–water partition coefficient (Wildman–Crippen LogP) is 3.85. The summed E-state index contributed by atoms with van der Waals surface area (Å²) in [6.07, 6.45) is 2.70. The van der Waals surface area contributed by atoms with Gasteiger partial charge in [0.05, 0.1) is 7.11 Å². The number of methoxy groups -OCH3 is 1. The minimum atomic E-state index is -4.35. The Morgan fingerprint density at radius 2 is 1.67 bits per heavy atom. The number of thioether (sulfide) groups is 1. The average Bonchev–Trinajstić information content (AvgIpc) is 2.70. The number of carbonyl (C=O) groups is 3. The summed E-state index contributed by atoms with van der Waals surface area (Å²) in [5, 5.41) is 4.98. The first-order chi connectivity index (χ1) is 14.2. The van der Waals surface area contributed by atoms with Gasteiger partial charge >= 0.3 is 11.5 Å². The van der Waals surface area contributed by atoms with Crippen LogP contribution in [0.1, 0.15) is 15.9 Å². The van der Waals surface area contributed by atoms with Crippen molar-refractivity contribution in [2.75, 3.05) is 19.0 Å². The monoisotopic (exact) mass is 438 g/mol. The maximum Gasteiger partial charge on any atom is 0.446 e. The molecule has 0 atom stereocenters. The number of nitrogens with one attached hydrogen (secondary N) is 2. The lowest BCUT2D eigenvalue weighted by atomic mass is 10.2. The van der Waals surface area contributed by atoms with Crippen LogP contribution in [-0.2, 0) is 14.3 Å². The van der Waals surface area contributed by atoms with Crippen molar-refractivity contribution < 1.29 is 32.3 Å². The van der Waals surface area contributed by atoms with E-state index < -0.39 is 23.3 Å². The van der Waals surface area contributed by atoms with E-state index in [-0.39, 0.29) is 23.2 Å². The van der Waals surface area contributed by atoms with Gasteiger partial charge in [-0.25, -0.2) is 0 Å². The van der Waals surface area contributed by atoms with Gasteiger partial charge in [-0.2, -0.15) is 13.2 Å². The lowest BCUT2D eigenvalue weighted by molar-refractivity contribution is -0.139. The van der Waals surface area contributed by atoms with Gasteiger partial charge in [0.1, 0.15) is 6.54 Å². The smallest absolute Gasteiger partial charge is 0.446 e. The van der Waals surface area contributed by atoms with Crippen LogP contribution >= 0.6 is 11.8 Å². The molecule has 0 aliphatic heterocycles. The predicted molar refractivity (Wildman–Crippen MR) is 107 cm³/mol. The Kier molecular flexibility index (Phi) is 8.05. The molecule has 0 aliphatic carbocycles. The Bertz CT molecular complexity index is 927. The molecule has 158 valence electrons. The molecule has 0 aliphatic rings. The molecule has 2 aromatic rings. The number of carbonyl (C=O) groups excluding carboxylic acids is 3. The number of halogens is 3. The first kappa shape index (κ1) is 23.0. The molecule has 0 fully saturated rings. The van der Waals surface area contributed by atoms with Gasteiger partial charge in [-0.3, -0.25) is 14.4 Å². The molecule has 0 heterocycles. The van der Waals surface area contributed by atoms with Crippen LogP contribution in [-0.4, -0.2) is 36.9 Å². The van der Waals surface area contributed by atoms with Gasteiger partial charge in [0, 0.05) is 22.2 Å². The molecule has 0 aromatic heterocycles. The van der Waals surface area contributed by atoms with E-state index >= 15 is 0 Å². The molecule has 30 heavy (non-hydrogen) atoms. The zero-order valence-electron chi connectivity index (χ0n) is 15.7. The fourth-order valence-electron chi connectivity index (χ4n) is 2.17. The number of rotatable bonds is 7. The number of hydrogen-bond acceptors (Lipinski definition) is 5. The molecule has 0 unspecified atom stereocenters. The fourth-order valence-corrected chi connectivity index (χ4v) is 2.71. The average molecular weight is 438 g/mol. The van der Waals surface area contributed by atoms with Crippen LogP contribution in [0.2, 0.25) is 0 Å². The highest BCUT2D eigenvalue weighted by Crippen LogP contribution is 2.36. The van der Waals surface area contributed by atoms with Crippen LogP contribution in [0.4, 0.5) is 18.9 Å². The first-order valence-corrected chi connectivity index (χ1v) is 9.28. The standard InChI is InChI=1S/C20H17F3N2O4S/c1-29-18(27)12-24-19(28)14-5-7-15(8-6-14)25-17(26)11-4-13-2-9-16(10-3-13)30-20(21,22)23/h2-11H,12H2,1H3,(H,24,28)(H,25,26)/b11-4+. The quantitative estimate of drug-likeness (QED) is 0.390. The van der Waals surface area contributed by atoms with Crippen LogP contribution in [0.3, 0.4) is 0 Å². The van der Waals surface area contributed by atoms with Crippen LogP contribution < -0.4 is 10.6 Å². The Balaban J connectivity index is 1.88. The molecule has 0 spiro atoms. The molecule has 2 N–H and O–H groups in total. The summed E-state index contributed by atoms with van der Waals surface area (Å²) in [6.45, 7) is -0.255. The van der Waals surface area contributed by atoms with Crippen LogP contribution in [0, 0.1) is 0 Å². The molecule has 0 radical (unpaired) electrons. The van der Waals surface area contributed by atoms with E-state index in [0.29, 0.717) is 16.8 Å². The second-order valence-corrected chi connectivity index (χ2v) is 6.91. The van der Waals surface area contributed by atoms with Gasteiger partial charge in [-0.05, 0) is 59.8 Å². The van der Waals surface area contributed by atoms with Crippen molar-refractivity contribution in [3.63, 3.8) is 0 Å². The maximum atomic E-state index is 12.3. The number of anilines is 1. The van der Waals surface area contributed by atoms with E-state index in [4.69, 9.17) is 0 Å². The van der Waals surface area contributed by atoms with Gasteiger partial charge in [-0.15, -0.1) is 0 Å². The Hall–Kier alpha value is -3.27. The van der Waals surface area contributed by atoms with Crippen molar-refractivity contribution in [2.45, 2.75) is 10.4 Å². The molecule has 0 saturated heterocycles. The lowest BCUT2D eigenvalue weighted by Gasteiger charge is -2.06. The lowest BCUT2D eigenvalue weighted by Crippen LogP contribution is -2.30. The SMILES string of the molecule is COC(=O)CNC(=O)c1ccc(NC(=O)/C=C/c2ccc(SC(F)(F)F)cc2)cc1. The third kappa shape index (κ3) is 8.00. The van der Waals surface area contributed by atoms with Gasteiger partial charge in [-0.1, -0.05) is 12.1 Å². The van der Waals surface area contributed by atoms with E-state index in [1.165, 1.54) is 67.8 Å². The number of ether oxygens (including phenoxy) is 1. The number of amides is 2. The topological polar surface area (TPSA) is 84.5 Å². The first-order valence-electron chi connectivity index (χ1n) is 8.46. The maximum absolute atomic E-state index is 12.3. The van der Waals surface area contributed by atoms with E-state index in [0.717, 1.165) is 0 Å². The van der Waals surface area contributed by atoms with Gasteiger partial charge in [0.2, 0.25) is 5.91 Å². The van der Waals surface area contributed by atoms with E-state index in [9.17, 15) is 27.6 Å². The number of esters is 1.